The first-order chi connectivity index (χ1) is 7.14. The Morgan fingerprint density at radius 1 is 1.67 bits per heavy atom. The van der Waals surface area contributed by atoms with Crippen LogP contribution in [-0.2, 0) is 9.53 Å². The van der Waals surface area contributed by atoms with E-state index in [1.807, 2.05) is 12.2 Å². The van der Waals surface area contributed by atoms with Crippen molar-refractivity contribution in [3.8, 4) is 0 Å². The van der Waals surface area contributed by atoms with Gasteiger partial charge in [-0.15, -0.1) is 0 Å². The minimum absolute atomic E-state index is 0.154. The van der Waals surface area contributed by atoms with E-state index in [9.17, 15) is 4.79 Å². The Morgan fingerprint density at radius 3 is 2.93 bits per heavy atom. The number of hydrogen-bond acceptors (Lipinski definition) is 2. The minimum atomic E-state index is -0.523. The number of allylic oxidation sites excluding steroid dienone is 2. The second-order valence-electron chi connectivity index (χ2n) is 3.92. The largest absolute Gasteiger partial charge is 0.468 e. The van der Waals surface area contributed by atoms with Gasteiger partial charge in [0.1, 0.15) is 5.41 Å². The standard InChI is InChI=1S/C12H17BrO2/c1-10-5-3-6-12(9-10,7-4-8-13)11(14)15-2/h3,6,9H,4-5,7-8H2,1-2H3. The van der Waals surface area contributed by atoms with Crippen LogP contribution >= 0.6 is 15.9 Å². The Labute approximate surface area is 99.5 Å². The van der Waals surface area contributed by atoms with Gasteiger partial charge in [-0.1, -0.05) is 39.7 Å². The number of hydrogen-bond donors (Lipinski definition) is 0. The summed E-state index contributed by atoms with van der Waals surface area (Å²) in [5.74, 6) is -0.154. The molecule has 15 heavy (non-hydrogen) atoms. The average molecular weight is 273 g/mol. The zero-order valence-electron chi connectivity index (χ0n) is 9.25. The summed E-state index contributed by atoms with van der Waals surface area (Å²) in [5, 5.41) is 0.909. The number of rotatable bonds is 4. The molecule has 3 heteroatoms. The lowest BCUT2D eigenvalue weighted by Crippen LogP contribution is -2.30. The molecule has 0 fully saturated rings. The lowest BCUT2D eigenvalue weighted by Gasteiger charge is -2.27. The van der Waals surface area contributed by atoms with Gasteiger partial charge >= 0.3 is 5.97 Å². The molecule has 0 aromatic carbocycles. The molecule has 1 aliphatic carbocycles. The van der Waals surface area contributed by atoms with Crippen molar-refractivity contribution in [1.82, 2.24) is 0 Å². The number of methoxy groups -OCH3 is 1. The van der Waals surface area contributed by atoms with Crippen molar-refractivity contribution in [1.29, 1.82) is 0 Å². The second-order valence-corrected chi connectivity index (χ2v) is 4.71. The minimum Gasteiger partial charge on any atom is -0.468 e. The maximum atomic E-state index is 11.8. The lowest BCUT2D eigenvalue weighted by atomic mass is 9.78. The normalized spacial score (nSPS) is 24.9. The molecule has 1 aliphatic rings. The lowest BCUT2D eigenvalue weighted by molar-refractivity contribution is -0.147. The molecule has 1 atom stereocenters. The molecule has 0 aromatic rings. The van der Waals surface area contributed by atoms with Gasteiger partial charge in [0.05, 0.1) is 7.11 Å². The summed E-state index contributed by atoms with van der Waals surface area (Å²) in [6.45, 7) is 2.05. The molecule has 0 saturated carbocycles. The number of ether oxygens (including phenoxy) is 1. The fourth-order valence-corrected chi connectivity index (χ4v) is 2.22. The highest BCUT2D eigenvalue weighted by molar-refractivity contribution is 9.09. The molecule has 0 N–H and O–H groups in total. The van der Waals surface area contributed by atoms with E-state index in [2.05, 4.69) is 28.9 Å². The first-order valence-electron chi connectivity index (χ1n) is 5.15. The fourth-order valence-electron chi connectivity index (χ4n) is 1.94. The van der Waals surface area contributed by atoms with Crippen LogP contribution in [0, 0.1) is 5.41 Å². The van der Waals surface area contributed by atoms with E-state index < -0.39 is 5.41 Å². The second kappa shape index (κ2) is 5.50. The molecule has 0 aromatic heterocycles. The molecule has 0 bridgehead atoms. The van der Waals surface area contributed by atoms with Gasteiger partial charge in [0.25, 0.3) is 0 Å². The van der Waals surface area contributed by atoms with Gasteiger partial charge < -0.3 is 4.74 Å². The van der Waals surface area contributed by atoms with Crippen LogP contribution in [0.5, 0.6) is 0 Å². The van der Waals surface area contributed by atoms with Gasteiger partial charge in [-0.05, 0) is 26.2 Å². The summed E-state index contributed by atoms with van der Waals surface area (Å²) in [5.41, 5.74) is 0.711. The number of halogens is 1. The predicted octanol–water partition coefficient (Wildman–Crippen LogP) is 3.23. The van der Waals surface area contributed by atoms with Gasteiger partial charge in [-0.25, -0.2) is 0 Å². The SMILES string of the molecule is COC(=O)C1(CCCBr)C=CCC(C)=C1. The maximum Gasteiger partial charge on any atom is 0.319 e. The van der Waals surface area contributed by atoms with E-state index in [0.717, 1.165) is 24.6 Å². The van der Waals surface area contributed by atoms with Crippen LogP contribution in [0.4, 0.5) is 0 Å². The van der Waals surface area contributed by atoms with Crippen molar-refractivity contribution in [2.75, 3.05) is 12.4 Å². The molecular weight excluding hydrogens is 256 g/mol. The highest BCUT2D eigenvalue weighted by Gasteiger charge is 2.35. The van der Waals surface area contributed by atoms with E-state index in [1.165, 1.54) is 12.7 Å². The van der Waals surface area contributed by atoms with Crippen LogP contribution < -0.4 is 0 Å². The molecule has 1 rings (SSSR count). The van der Waals surface area contributed by atoms with E-state index in [4.69, 9.17) is 4.74 Å². The monoisotopic (exact) mass is 272 g/mol. The number of carbonyl (C=O) groups excluding carboxylic acids is 1. The highest BCUT2D eigenvalue weighted by atomic mass is 79.9. The summed E-state index contributed by atoms with van der Waals surface area (Å²) in [4.78, 5) is 11.8. The van der Waals surface area contributed by atoms with Gasteiger partial charge in [-0.2, -0.15) is 0 Å². The molecule has 0 spiro atoms. The van der Waals surface area contributed by atoms with Crippen LogP contribution in [0.15, 0.2) is 23.8 Å². The van der Waals surface area contributed by atoms with Crippen LogP contribution in [0.1, 0.15) is 26.2 Å². The Hall–Kier alpha value is -0.570. The predicted molar refractivity (Wildman–Crippen MR) is 65.0 cm³/mol. The number of esters is 1. The molecule has 0 aliphatic heterocycles. The zero-order chi connectivity index (χ0) is 11.3. The fraction of sp³-hybridized carbons (Fsp3) is 0.583. The van der Waals surface area contributed by atoms with Crippen LogP contribution in [0.3, 0.4) is 0 Å². The van der Waals surface area contributed by atoms with Crippen molar-refractivity contribution >= 4 is 21.9 Å². The zero-order valence-corrected chi connectivity index (χ0v) is 10.8. The summed E-state index contributed by atoms with van der Waals surface area (Å²) in [6.07, 6.45) is 8.78. The number of alkyl halides is 1. The van der Waals surface area contributed by atoms with Crippen molar-refractivity contribution in [3.63, 3.8) is 0 Å². The first-order valence-corrected chi connectivity index (χ1v) is 6.27. The summed E-state index contributed by atoms with van der Waals surface area (Å²) in [6, 6.07) is 0. The van der Waals surface area contributed by atoms with Gasteiger partial charge in [-0.3, -0.25) is 4.79 Å². The van der Waals surface area contributed by atoms with Crippen molar-refractivity contribution in [3.05, 3.63) is 23.8 Å². The Bertz CT molecular complexity index is 294. The van der Waals surface area contributed by atoms with E-state index in [0.29, 0.717) is 0 Å². The topological polar surface area (TPSA) is 26.3 Å². The van der Waals surface area contributed by atoms with Crippen LogP contribution in [-0.4, -0.2) is 18.4 Å². The molecule has 84 valence electrons. The molecule has 2 nitrogen and oxygen atoms in total. The smallest absolute Gasteiger partial charge is 0.319 e. The molecule has 0 radical (unpaired) electrons. The summed E-state index contributed by atoms with van der Waals surface area (Å²) >= 11 is 3.39. The van der Waals surface area contributed by atoms with Crippen molar-refractivity contribution < 1.29 is 9.53 Å². The van der Waals surface area contributed by atoms with Gasteiger partial charge in [0.2, 0.25) is 0 Å². The Balaban J connectivity index is 2.90. The third-order valence-electron chi connectivity index (χ3n) is 2.65. The molecule has 0 amide bonds. The Morgan fingerprint density at radius 2 is 2.40 bits per heavy atom. The van der Waals surface area contributed by atoms with E-state index >= 15 is 0 Å². The summed E-state index contributed by atoms with van der Waals surface area (Å²) in [7, 11) is 1.45. The van der Waals surface area contributed by atoms with E-state index in [1.54, 1.807) is 0 Å². The van der Waals surface area contributed by atoms with Gasteiger partial charge in [0.15, 0.2) is 0 Å². The van der Waals surface area contributed by atoms with Gasteiger partial charge in [0, 0.05) is 5.33 Å². The summed E-state index contributed by atoms with van der Waals surface area (Å²) < 4.78 is 4.89. The maximum absolute atomic E-state index is 11.8. The first kappa shape index (κ1) is 12.5. The van der Waals surface area contributed by atoms with E-state index in [-0.39, 0.29) is 5.97 Å². The highest BCUT2D eigenvalue weighted by Crippen LogP contribution is 2.34. The van der Waals surface area contributed by atoms with Crippen LogP contribution in [0.25, 0.3) is 0 Å². The average Bonchev–Trinajstić information content (AvgIpc) is 2.25. The third-order valence-corrected chi connectivity index (χ3v) is 3.21. The van der Waals surface area contributed by atoms with Crippen molar-refractivity contribution in [2.24, 2.45) is 5.41 Å². The molecule has 0 saturated heterocycles. The Kier molecular flexibility index (Phi) is 4.58. The molecule has 1 unspecified atom stereocenters. The molecule has 0 heterocycles. The third kappa shape index (κ3) is 2.94. The molecular formula is C12H17BrO2. The number of carbonyl (C=O) groups is 1. The quantitative estimate of drug-likeness (QED) is 0.446. The van der Waals surface area contributed by atoms with Crippen LogP contribution in [0.2, 0.25) is 0 Å². The van der Waals surface area contributed by atoms with Crippen molar-refractivity contribution in [2.45, 2.75) is 26.2 Å².